The Morgan fingerprint density at radius 3 is 2.48 bits per heavy atom. The van der Waals surface area contributed by atoms with Gasteiger partial charge in [0, 0.05) is 17.7 Å². The van der Waals surface area contributed by atoms with Gasteiger partial charge in [-0.1, -0.05) is 36.4 Å². The molecule has 3 aromatic rings. The number of anilines is 1. The second kappa shape index (κ2) is 7.23. The van der Waals surface area contributed by atoms with Gasteiger partial charge in [-0.15, -0.1) is 11.3 Å². The van der Waals surface area contributed by atoms with Gasteiger partial charge in [0.05, 0.1) is 28.5 Å². The predicted octanol–water partition coefficient (Wildman–Crippen LogP) is 3.66. The number of carbonyl (C=O) groups is 2. The Bertz CT molecular complexity index is 1090. The number of nitrogens with zero attached hydrogens (tertiary/aromatic N) is 2. The van der Waals surface area contributed by atoms with E-state index in [2.05, 4.69) is 0 Å². The van der Waals surface area contributed by atoms with E-state index in [0.717, 1.165) is 0 Å². The Morgan fingerprint density at radius 2 is 1.83 bits per heavy atom. The minimum Gasteiger partial charge on any atom is -0.375 e. The van der Waals surface area contributed by atoms with Gasteiger partial charge in [0.2, 0.25) is 0 Å². The van der Waals surface area contributed by atoms with Crippen molar-refractivity contribution in [3.05, 3.63) is 92.2 Å². The zero-order valence-electron chi connectivity index (χ0n) is 15.1. The van der Waals surface area contributed by atoms with Crippen molar-refractivity contribution < 1.29 is 19.6 Å². The number of nitro benzene ring substituents is 1. The third-order valence-electron chi connectivity index (χ3n) is 4.94. The summed E-state index contributed by atoms with van der Waals surface area (Å²) in [6.07, 6.45) is -0.347. The number of para-hydroxylation sites is 1. The zero-order chi connectivity index (χ0) is 20.6. The quantitative estimate of drug-likeness (QED) is 0.381. The minimum atomic E-state index is -1.95. The number of fused-ring (bicyclic) bond motifs is 1. The molecule has 2 heterocycles. The van der Waals surface area contributed by atoms with Gasteiger partial charge in [-0.25, -0.2) is 0 Å². The lowest BCUT2D eigenvalue weighted by Crippen LogP contribution is -2.41. The molecule has 0 saturated heterocycles. The Hall–Kier alpha value is -3.36. The number of aliphatic hydroxyl groups is 1. The zero-order valence-corrected chi connectivity index (χ0v) is 16.0. The van der Waals surface area contributed by atoms with E-state index in [1.165, 1.54) is 28.4 Å². The molecule has 0 unspecified atom stereocenters. The number of thiophene rings is 1. The van der Waals surface area contributed by atoms with E-state index < -0.39 is 16.4 Å². The van der Waals surface area contributed by atoms with Crippen LogP contribution in [0.25, 0.3) is 0 Å². The molecule has 0 radical (unpaired) electrons. The molecule has 29 heavy (non-hydrogen) atoms. The fourth-order valence-corrected chi connectivity index (χ4v) is 4.16. The molecule has 0 spiro atoms. The number of ketones is 1. The summed E-state index contributed by atoms with van der Waals surface area (Å²) in [6, 6.07) is 16.1. The number of hydrogen-bond acceptors (Lipinski definition) is 6. The number of benzene rings is 2. The van der Waals surface area contributed by atoms with Gasteiger partial charge < -0.3 is 10.0 Å². The average Bonchev–Trinajstić information content (AvgIpc) is 3.32. The fourth-order valence-electron chi connectivity index (χ4n) is 3.50. The number of non-ortho nitro benzene ring substituents is 1. The smallest absolute Gasteiger partial charge is 0.269 e. The summed E-state index contributed by atoms with van der Waals surface area (Å²) in [5, 5.41) is 23.9. The summed E-state index contributed by atoms with van der Waals surface area (Å²) in [6.45, 7) is 0.128. The minimum absolute atomic E-state index is 0.0417. The molecule has 8 heteroatoms. The maximum Gasteiger partial charge on any atom is 0.269 e. The molecule has 1 aromatic heterocycles. The molecule has 0 fully saturated rings. The van der Waals surface area contributed by atoms with Gasteiger partial charge in [-0.3, -0.25) is 19.7 Å². The summed E-state index contributed by atoms with van der Waals surface area (Å²) in [5.41, 5.74) is -0.403. The van der Waals surface area contributed by atoms with Crippen LogP contribution in [-0.4, -0.2) is 21.7 Å². The molecule has 1 N–H and O–H groups in total. The number of carbonyl (C=O) groups excluding carboxylic acids is 2. The number of rotatable bonds is 6. The maximum absolute atomic E-state index is 13.2. The Morgan fingerprint density at radius 1 is 1.10 bits per heavy atom. The summed E-state index contributed by atoms with van der Waals surface area (Å²) < 4.78 is 0. The molecule has 0 bridgehead atoms. The van der Waals surface area contributed by atoms with Crippen LogP contribution >= 0.6 is 11.3 Å². The second-order valence-corrected chi connectivity index (χ2v) is 7.72. The van der Waals surface area contributed by atoms with Crippen LogP contribution in [-0.2, 0) is 16.9 Å². The van der Waals surface area contributed by atoms with Crippen LogP contribution in [0, 0.1) is 10.1 Å². The number of nitro groups is 1. The van der Waals surface area contributed by atoms with Crippen LogP contribution in [0.4, 0.5) is 11.4 Å². The molecular formula is C21H16N2O5S. The van der Waals surface area contributed by atoms with Gasteiger partial charge in [-0.05, 0) is 23.1 Å². The average molecular weight is 408 g/mol. The monoisotopic (exact) mass is 408 g/mol. The van der Waals surface area contributed by atoms with E-state index in [1.54, 1.807) is 53.9 Å². The molecule has 1 amide bonds. The molecule has 7 nitrogen and oxygen atoms in total. The second-order valence-electron chi connectivity index (χ2n) is 6.77. The van der Waals surface area contributed by atoms with Crippen LogP contribution in [0.1, 0.15) is 27.2 Å². The highest BCUT2D eigenvalue weighted by atomic mass is 32.1. The van der Waals surface area contributed by atoms with Crippen LogP contribution in [0.3, 0.4) is 0 Å². The molecule has 2 aromatic carbocycles. The molecule has 146 valence electrons. The first-order valence-electron chi connectivity index (χ1n) is 8.84. The molecule has 4 rings (SSSR count). The summed E-state index contributed by atoms with van der Waals surface area (Å²) >= 11 is 1.26. The number of Topliss-reactive ketones (excluding diaryl/α,β-unsaturated/α-hetero) is 1. The highest BCUT2D eigenvalue weighted by Gasteiger charge is 2.50. The first-order chi connectivity index (χ1) is 13.9. The molecule has 1 atom stereocenters. The molecule has 0 aliphatic carbocycles. The topological polar surface area (TPSA) is 101 Å². The van der Waals surface area contributed by atoms with Crippen molar-refractivity contribution in [3.63, 3.8) is 0 Å². The normalized spacial score (nSPS) is 18.0. The Labute approximate surface area is 170 Å². The molecule has 0 saturated carbocycles. The third kappa shape index (κ3) is 3.32. The first kappa shape index (κ1) is 19.0. The molecular weight excluding hydrogens is 392 g/mol. The highest BCUT2D eigenvalue weighted by Crippen LogP contribution is 2.43. The van der Waals surface area contributed by atoms with Gasteiger partial charge in [0.25, 0.3) is 11.6 Å². The van der Waals surface area contributed by atoms with Gasteiger partial charge in [0.15, 0.2) is 11.4 Å². The van der Waals surface area contributed by atoms with E-state index in [-0.39, 0.29) is 24.4 Å². The third-order valence-corrected chi connectivity index (χ3v) is 5.85. The van der Waals surface area contributed by atoms with Crippen LogP contribution in [0.15, 0.2) is 66.0 Å². The van der Waals surface area contributed by atoms with Crippen molar-refractivity contribution in [1.82, 2.24) is 0 Å². The van der Waals surface area contributed by atoms with E-state index in [9.17, 15) is 24.8 Å². The van der Waals surface area contributed by atoms with Crippen LogP contribution in [0.2, 0.25) is 0 Å². The lowest BCUT2D eigenvalue weighted by molar-refractivity contribution is -0.384. The lowest BCUT2D eigenvalue weighted by atomic mass is 9.89. The largest absolute Gasteiger partial charge is 0.375 e. The lowest BCUT2D eigenvalue weighted by Gasteiger charge is -2.22. The van der Waals surface area contributed by atoms with E-state index in [1.807, 2.05) is 0 Å². The van der Waals surface area contributed by atoms with Gasteiger partial charge >= 0.3 is 0 Å². The van der Waals surface area contributed by atoms with Crippen LogP contribution in [0.5, 0.6) is 0 Å². The van der Waals surface area contributed by atoms with Crippen molar-refractivity contribution in [2.24, 2.45) is 0 Å². The van der Waals surface area contributed by atoms with E-state index in [0.29, 0.717) is 21.7 Å². The van der Waals surface area contributed by atoms with Crippen molar-refractivity contribution in [2.75, 3.05) is 4.90 Å². The van der Waals surface area contributed by atoms with Crippen LogP contribution < -0.4 is 4.90 Å². The van der Waals surface area contributed by atoms with E-state index >= 15 is 0 Å². The molecule has 1 aliphatic rings. The fraction of sp³-hybridized carbons (Fsp3) is 0.143. The van der Waals surface area contributed by atoms with Crippen molar-refractivity contribution >= 4 is 34.4 Å². The van der Waals surface area contributed by atoms with E-state index in [4.69, 9.17) is 0 Å². The van der Waals surface area contributed by atoms with Crippen molar-refractivity contribution in [1.29, 1.82) is 0 Å². The standard InChI is InChI=1S/C21H16N2O5S/c24-18(19-6-3-11-29-19)12-21(26)16-4-1-2-5-17(16)22(20(21)25)13-14-7-9-15(10-8-14)23(27)28/h1-11,26H,12-13H2/t21-/m0/s1. The summed E-state index contributed by atoms with van der Waals surface area (Å²) in [4.78, 5) is 38.0. The Balaban J connectivity index is 1.65. The van der Waals surface area contributed by atoms with Gasteiger partial charge in [0.1, 0.15) is 0 Å². The van der Waals surface area contributed by atoms with Crippen molar-refractivity contribution in [3.8, 4) is 0 Å². The highest BCUT2D eigenvalue weighted by molar-refractivity contribution is 7.12. The first-order valence-corrected chi connectivity index (χ1v) is 9.72. The Kier molecular flexibility index (Phi) is 4.73. The SMILES string of the molecule is O=C(C[C@@]1(O)C(=O)N(Cc2ccc([N+](=O)[O-])cc2)c2ccccc21)c1cccs1. The summed E-state index contributed by atoms with van der Waals surface area (Å²) in [5.74, 6) is -0.884. The summed E-state index contributed by atoms with van der Waals surface area (Å²) in [7, 11) is 0. The van der Waals surface area contributed by atoms with Crippen molar-refractivity contribution in [2.45, 2.75) is 18.6 Å². The number of amides is 1. The van der Waals surface area contributed by atoms with Gasteiger partial charge in [-0.2, -0.15) is 0 Å². The maximum atomic E-state index is 13.2. The predicted molar refractivity (Wildman–Crippen MR) is 108 cm³/mol. The number of hydrogen-bond donors (Lipinski definition) is 1. The molecule has 1 aliphatic heterocycles.